The molecule has 3 aromatic rings. The van der Waals surface area contributed by atoms with Crippen molar-refractivity contribution in [3.63, 3.8) is 0 Å². The van der Waals surface area contributed by atoms with Crippen LogP contribution in [-0.4, -0.2) is 10.7 Å². The van der Waals surface area contributed by atoms with Gasteiger partial charge in [0.1, 0.15) is 0 Å². The number of benzene rings is 3. The Kier molecular flexibility index (Phi) is 8.91. The number of carbonyl (C=O) groups is 1. The van der Waals surface area contributed by atoms with Gasteiger partial charge >= 0.3 is 0 Å². The van der Waals surface area contributed by atoms with Gasteiger partial charge in [0.05, 0.1) is 4.92 Å². The van der Waals surface area contributed by atoms with Crippen LogP contribution in [0.1, 0.15) is 105 Å². The summed E-state index contributed by atoms with van der Waals surface area (Å²) in [4.78, 5) is 23.9. The first-order valence-corrected chi connectivity index (χ1v) is 14.0. The van der Waals surface area contributed by atoms with Crippen LogP contribution < -0.4 is 0 Å². The minimum atomic E-state index is -0.412. The molecule has 0 saturated carbocycles. The van der Waals surface area contributed by atoms with Crippen LogP contribution >= 0.6 is 0 Å². The first-order valence-electron chi connectivity index (χ1n) is 14.0. The van der Waals surface area contributed by atoms with E-state index in [0.29, 0.717) is 0 Å². The molecule has 4 heteroatoms. The summed E-state index contributed by atoms with van der Waals surface area (Å²) >= 11 is 0. The van der Waals surface area contributed by atoms with Crippen molar-refractivity contribution < 1.29 is 9.72 Å². The van der Waals surface area contributed by atoms with E-state index in [1.807, 2.05) is 6.07 Å². The highest BCUT2D eigenvalue weighted by Gasteiger charge is 2.42. The van der Waals surface area contributed by atoms with E-state index in [4.69, 9.17) is 0 Å². The quantitative estimate of drug-likeness (QED) is 0.0965. The minimum Gasteiger partial charge on any atom is -0.294 e. The first-order chi connectivity index (χ1) is 18.0. The van der Waals surface area contributed by atoms with Crippen molar-refractivity contribution in [3.8, 4) is 11.1 Å². The Morgan fingerprint density at radius 2 is 1.38 bits per heavy atom. The molecule has 1 aliphatic rings. The molecule has 37 heavy (non-hydrogen) atoms. The Balaban J connectivity index is 1.67. The zero-order valence-electron chi connectivity index (χ0n) is 22.3. The number of nitro groups is 1. The fraction of sp³-hybridized carbons (Fsp3) is 0.424. The molecule has 0 spiro atoms. The third-order valence-corrected chi connectivity index (χ3v) is 8.02. The highest BCUT2D eigenvalue weighted by molar-refractivity contribution is 5.99. The van der Waals surface area contributed by atoms with Gasteiger partial charge < -0.3 is 0 Å². The summed E-state index contributed by atoms with van der Waals surface area (Å²) < 4.78 is 0. The minimum absolute atomic E-state index is 0.0439. The summed E-state index contributed by atoms with van der Waals surface area (Å²) in [6.07, 6.45) is 12.3. The van der Waals surface area contributed by atoms with Crippen molar-refractivity contribution in [2.24, 2.45) is 0 Å². The molecule has 1 aliphatic carbocycles. The van der Waals surface area contributed by atoms with Gasteiger partial charge in [0.2, 0.25) is 0 Å². The second kappa shape index (κ2) is 12.3. The number of non-ortho nitro benzene ring substituents is 1. The standard InChI is InChI=1S/C33H39NO3/c1-3-5-7-11-21-33(22-12-8-6-4-2)30-14-10-9-13-28(30)29-20-17-26(24-31(29)33)32(35)23-25-15-18-27(19-16-25)34(36)37/h9-10,13-20,24H,3-8,11-12,21-23H2,1-2H3. The van der Waals surface area contributed by atoms with Gasteiger partial charge in [-0.3, -0.25) is 14.9 Å². The molecule has 0 bridgehead atoms. The first kappa shape index (κ1) is 26.8. The lowest BCUT2D eigenvalue weighted by atomic mass is 9.70. The van der Waals surface area contributed by atoms with E-state index in [9.17, 15) is 14.9 Å². The Morgan fingerprint density at radius 1 is 0.757 bits per heavy atom. The van der Waals surface area contributed by atoms with E-state index in [2.05, 4.69) is 50.2 Å². The predicted molar refractivity (Wildman–Crippen MR) is 151 cm³/mol. The molecule has 0 aliphatic heterocycles. The molecule has 0 saturated heterocycles. The van der Waals surface area contributed by atoms with Crippen LogP contribution in [0.15, 0.2) is 66.7 Å². The van der Waals surface area contributed by atoms with Gasteiger partial charge in [-0.15, -0.1) is 0 Å². The third kappa shape index (κ3) is 5.84. The maximum atomic E-state index is 13.4. The zero-order chi connectivity index (χ0) is 26.3. The Labute approximate surface area is 221 Å². The predicted octanol–water partition coefficient (Wildman–Crippen LogP) is 9.23. The fourth-order valence-electron chi connectivity index (χ4n) is 6.02. The van der Waals surface area contributed by atoms with Gasteiger partial charge in [0.25, 0.3) is 5.69 Å². The van der Waals surface area contributed by atoms with Gasteiger partial charge in [-0.05, 0) is 46.7 Å². The molecule has 0 fully saturated rings. The van der Waals surface area contributed by atoms with E-state index in [0.717, 1.165) is 24.0 Å². The van der Waals surface area contributed by atoms with Gasteiger partial charge in [-0.2, -0.15) is 0 Å². The number of rotatable bonds is 14. The van der Waals surface area contributed by atoms with Crippen LogP contribution in [0.3, 0.4) is 0 Å². The smallest absolute Gasteiger partial charge is 0.269 e. The number of ketones is 1. The molecule has 4 rings (SSSR count). The molecule has 0 amide bonds. The number of unbranched alkanes of at least 4 members (excludes halogenated alkanes) is 6. The summed E-state index contributed by atoms with van der Waals surface area (Å²) in [5.41, 5.74) is 6.86. The van der Waals surface area contributed by atoms with E-state index in [1.165, 1.54) is 85.8 Å². The number of Topliss-reactive ketones (excluding diaryl/α,β-unsaturated/α-hetero) is 1. The highest BCUT2D eigenvalue weighted by Crippen LogP contribution is 2.54. The van der Waals surface area contributed by atoms with Crippen molar-refractivity contribution >= 4 is 11.5 Å². The monoisotopic (exact) mass is 497 g/mol. The van der Waals surface area contributed by atoms with Crippen molar-refractivity contribution in [2.45, 2.75) is 89.9 Å². The molecule has 0 unspecified atom stereocenters. The maximum Gasteiger partial charge on any atom is 0.269 e. The molecule has 194 valence electrons. The summed E-state index contributed by atoms with van der Waals surface area (Å²) in [6.45, 7) is 4.51. The molecular weight excluding hydrogens is 458 g/mol. The SMILES string of the molecule is CCCCCCC1(CCCCCC)c2ccccc2-c2ccc(C(=O)Cc3ccc([N+](=O)[O-])cc3)cc21. The zero-order valence-corrected chi connectivity index (χ0v) is 22.3. The Morgan fingerprint density at radius 3 is 2.00 bits per heavy atom. The maximum absolute atomic E-state index is 13.4. The normalized spacial score (nSPS) is 13.2. The van der Waals surface area contributed by atoms with Crippen LogP contribution in [-0.2, 0) is 11.8 Å². The van der Waals surface area contributed by atoms with Gasteiger partial charge in [0.15, 0.2) is 5.78 Å². The van der Waals surface area contributed by atoms with Crippen LogP contribution in [0.2, 0.25) is 0 Å². The number of hydrogen-bond acceptors (Lipinski definition) is 3. The number of hydrogen-bond donors (Lipinski definition) is 0. The number of carbonyl (C=O) groups excluding carboxylic acids is 1. The largest absolute Gasteiger partial charge is 0.294 e. The van der Waals surface area contributed by atoms with E-state index in [-0.39, 0.29) is 23.3 Å². The molecule has 0 atom stereocenters. The van der Waals surface area contributed by atoms with Gasteiger partial charge in [-0.25, -0.2) is 0 Å². The number of nitro benzene ring substituents is 1. The van der Waals surface area contributed by atoms with Crippen molar-refractivity contribution in [3.05, 3.63) is 99.1 Å². The summed E-state index contributed by atoms with van der Waals surface area (Å²) in [7, 11) is 0. The number of fused-ring (bicyclic) bond motifs is 3. The van der Waals surface area contributed by atoms with Crippen LogP contribution in [0.5, 0.6) is 0 Å². The molecule has 3 aromatic carbocycles. The Bertz CT molecular complexity index is 1220. The average Bonchev–Trinajstić information content (AvgIpc) is 3.19. The highest BCUT2D eigenvalue weighted by atomic mass is 16.6. The lowest BCUT2D eigenvalue weighted by molar-refractivity contribution is -0.384. The topological polar surface area (TPSA) is 60.2 Å². The van der Waals surface area contributed by atoms with Crippen LogP contribution in [0, 0.1) is 10.1 Å². The van der Waals surface area contributed by atoms with Crippen molar-refractivity contribution in [1.82, 2.24) is 0 Å². The molecule has 0 N–H and O–H groups in total. The van der Waals surface area contributed by atoms with E-state index >= 15 is 0 Å². The Hall–Kier alpha value is -3.27. The van der Waals surface area contributed by atoms with Crippen molar-refractivity contribution in [1.29, 1.82) is 0 Å². The lowest BCUT2D eigenvalue weighted by Gasteiger charge is -2.33. The van der Waals surface area contributed by atoms with E-state index < -0.39 is 4.92 Å². The van der Waals surface area contributed by atoms with Gasteiger partial charge in [0, 0.05) is 29.5 Å². The molecular formula is C33H39NO3. The van der Waals surface area contributed by atoms with Gasteiger partial charge in [-0.1, -0.05) is 114 Å². The fourth-order valence-corrected chi connectivity index (χ4v) is 6.02. The van der Waals surface area contributed by atoms with E-state index in [1.54, 1.807) is 12.1 Å². The molecule has 0 radical (unpaired) electrons. The molecule has 0 aromatic heterocycles. The van der Waals surface area contributed by atoms with Crippen molar-refractivity contribution in [2.75, 3.05) is 0 Å². The van der Waals surface area contributed by atoms with Crippen LogP contribution in [0.25, 0.3) is 11.1 Å². The number of nitrogens with zero attached hydrogens (tertiary/aromatic N) is 1. The average molecular weight is 498 g/mol. The second-order valence-electron chi connectivity index (χ2n) is 10.5. The summed E-state index contributed by atoms with van der Waals surface area (Å²) in [6, 6.07) is 21.4. The van der Waals surface area contributed by atoms with Crippen LogP contribution in [0.4, 0.5) is 5.69 Å². The lowest BCUT2D eigenvalue weighted by Crippen LogP contribution is -2.26. The molecule has 4 nitrogen and oxygen atoms in total. The third-order valence-electron chi connectivity index (χ3n) is 8.02. The molecule has 0 heterocycles. The second-order valence-corrected chi connectivity index (χ2v) is 10.5. The summed E-state index contributed by atoms with van der Waals surface area (Å²) in [5.74, 6) is 0.0541. The summed E-state index contributed by atoms with van der Waals surface area (Å²) in [5, 5.41) is 11.0.